The summed E-state index contributed by atoms with van der Waals surface area (Å²) in [5.74, 6) is -0.640. The molecule has 168 valence electrons. The van der Waals surface area contributed by atoms with Gasteiger partial charge >= 0.3 is 5.97 Å². The second kappa shape index (κ2) is 9.69. The van der Waals surface area contributed by atoms with E-state index in [1.165, 1.54) is 0 Å². The van der Waals surface area contributed by atoms with Gasteiger partial charge in [0, 0.05) is 10.8 Å². The van der Waals surface area contributed by atoms with Crippen molar-refractivity contribution in [2.24, 2.45) is 0 Å². The molecule has 33 heavy (non-hydrogen) atoms. The zero-order valence-corrected chi connectivity index (χ0v) is 18.7. The van der Waals surface area contributed by atoms with Crippen molar-refractivity contribution in [3.8, 4) is 0 Å². The standard InChI is InChI=1S/C27H26N2O4/c1-18(2)33-26(31)16-22(19-10-4-3-5-11-19)28-25(30)17-29-23-14-8-6-12-20(23)27(32)21-13-7-9-15-24(21)29/h3-15,18,22H,16-17H2,1-2H3,(H,28,30). The highest BCUT2D eigenvalue weighted by molar-refractivity contribution is 5.95. The predicted molar refractivity (Wildman–Crippen MR) is 129 cm³/mol. The predicted octanol–water partition coefficient (Wildman–Crippen LogP) is 4.35. The number of pyridine rings is 1. The molecule has 4 aromatic rings. The van der Waals surface area contributed by atoms with Crippen LogP contribution in [-0.2, 0) is 20.9 Å². The minimum Gasteiger partial charge on any atom is -0.463 e. The lowest BCUT2D eigenvalue weighted by atomic mass is 10.0. The number of amides is 1. The molecule has 0 saturated heterocycles. The lowest BCUT2D eigenvalue weighted by Crippen LogP contribution is -2.34. The van der Waals surface area contributed by atoms with Crippen LogP contribution in [0.1, 0.15) is 31.9 Å². The largest absolute Gasteiger partial charge is 0.463 e. The molecule has 0 aliphatic carbocycles. The third kappa shape index (κ3) is 4.95. The molecular weight excluding hydrogens is 416 g/mol. The number of esters is 1. The van der Waals surface area contributed by atoms with Crippen molar-refractivity contribution in [3.05, 3.63) is 94.6 Å². The highest BCUT2D eigenvalue weighted by atomic mass is 16.5. The summed E-state index contributed by atoms with van der Waals surface area (Å²) in [7, 11) is 0. The maximum atomic E-state index is 13.2. The third-order valence-corrected chi connectivity index (χ3v) is 5.46. The highest BCUT2D eigenvalue weighted by Crippen LogP contribution is 2.21. The maximum Gasteiger partial charge on any atom is 0.308 e. The van der Waals surface area contributed by atoms with Crippen LogP contribution in [0.5, 0.6) is 0 Å². The molecule has 1 amide bonds. The van der Waals surface area contributed by atoms with Gasteiger partial charge in [-0.15, -0.1) is 0 Å². The Balaban J connectivity index is 1.67. The summed E-state index contributed by atoms with van der Waals surface area (Å²) >= 11 is 0. The summed E-state index contributed by atoms with van der Waals surface area (Å²) in [6.45, 7) is 3.59. The number of aromatic nitrogens is 1. The molecule has 1 atom stereocenters. The third-order valence-electron chi connectivity index (χ3n) is 5.46. The van der Waals surface area contributed by atoms with Crippen LogP contribution in [0.15, 0.2) is 83.7 Å². The van der Waals surface area contributed by atoms with Gasteiger partial charge in [0.25, 0.3) is 0 Å². The normalized spacial score (nSPS) is 12.1. The summed E-state index contributed by atoms with van der Waals surface area (Å²) in [6, 6.07) is 23.4. The van der Waals surface area contributed by atoms with E-state index in [1.54, 1.807) is 26.0 Å². The number of nitrogens with zero attached hydrogens (tertiary/aromatic N) is 1. The monoisotopic (exact) mass is 442 g/mol. The zero-order valence-electron chi connectivity index (χ0n) is 18.7. The van der Waals surface area contributed by atoms with Gasteiger partial charge < -0.3 is 14.6 Å². The van der Waals surface area contributed by atoms with E-state index in [0.29, 0.717) is 21.8 Å². The molecule has 0 spiro atoms. The number of fused-ring (bicyclic) bond motifs is 2. The molecule has 3 aromatic carbocycles. The summed E-state index contributed by atoms with van der Waals surface area (Å²) < 4.78 is 7.14. The second-order valence-corrected chi connectivity index (χ2v) is 8.22. The molecule has 0 aliphatic heterocycles. The van der Waals surface area contributed by atoms with Gasteiger partial charge in [0.15, 0.2) is 5.43 Å². The molecule has 0 radical (unpaired) electrons. The lowest BCUT2D eigenvalue weighted by Gasteiger charge is -2.21. The fourth-order valence-electron chi connectivity index (χ4n) is 4.05. The van der Waals surface area contributed by atoms with E-state index in [1.807, 2.05) is 71.3 Å². The van der Waals surface area contributed by atoms with Crippen molar-refractivity contribution in [2.45, 2.75) is 39.0 Å². The first kappa shape index (κ1) is 22.3. The van der Waals surface area contributed by atoms with Gasteiger partial charge in [-0.25, -0.2) is 0 Å². The Morgan fingerprint density at radius 2 is 1.39 bits per heavy atom. The SMILES string of the molecule is CC(C)OC(=O)CC(NC(=O)Cn1c2ccccc2c(=O)c2ccccc21)c1ccccc1. The Labute approximate surface area is 191 Å². The van der Waals surface area contributed by atoms with E-state index in [2.05, 4.69) is 5.32 Å². The molecule has 0 saturated carbocycles. The average Bonchev–Trinajstić information content (AvgIpc) is 2.81. The summed E-state index contributed by atoms with van der Waals surface area (Å²) in [6.07, 6.45) is -0.205. The quantitative estimate of drug-likeness (QED) is 0.341. The molecule has 4 rings (SSSR count). The Bertz CT molecular complexity index is 1300. The van der Waals surface area contributed by atoms with Gasteiger partial charge in [0.2, 0.25) is 5.91 Å². The number of carbonyl (C=O) groups is 2. The Kier molecular flexibility index (Phi) is 6.54. The van der Waals surface area contributed by atoms with Crippen molar-refractivity contribution in [1.82, 2.24) is 9.88 Å². The summed E-state index contributed by atoms with van der Waals surface area (Å²) in [5, 5.41) is 4.11. The van der Waals surface area contributed by atoms with Crippen LogP contribution in [0.25, 0.3) is 21.8 Å². The molecule has 1 unspecified atom stereocenters. The van der Waals surface area contributed by atoms with E-state index >= 15 is 0 Å². The molecule has 0 bridgehead atoms. The van der Waals surface area contributed by atoms with E-state index < -0.39 is 6.04 Å². The van der Waals surface area contributed by atoms with Gasteiger partial charge in [-0.2, -0.15) is 0 Å². The van der Waals surface area contributed by atoms with Gasteiger partial charge in [0.05, 0.1) is 29.6 Å². The number of hydrogen-bond donors (Lipinski definition) is 1. The van der Waals surface area contributed by atoms with Crippen molar-refractivity contribution in [2.75, 3.05) is 0 Å². The number of carbonyl (C=O) groups excluding carboxylic acids is 2. The van der Waals surface area contributed by atoms with Crippen molar-refractivity contribution >= 4 is 33.7 Å². The van der Waals surface area contributed by atoms with E-state index in [0.717, 1.165) is 5.56 Å². The van der Waals surface area contributed by atoms with E-state index in [4.69, 9.17) is 4.74 Å². The minimum atomic E-state index is -0.526. The van der Waals surface area contributed by atoms with Gasteiger partial charge in [-0.1, -0.05) is 54.6 Å². The number of para-hydroxylation sites is 2. The highest BCUT2D eigenvalue weighted by Gasteiger charge is 2.21. The number of benzene rings is 3. The first-order valence-electron chi connectivity index (χ1n) is 11.0. The van der Waals surface area contributed by atoms with E-state index in [9.17, 15) is 14.4 Å². The van der Waals surface area contributed by atoms with Gasteiger partial charge in [-0.05, 0) is 43.7 Å². The molecule has 6 heteroatoms. The Morgan fingerprint density at radius 3 is 1.97 bits per heavy atom. The smallest absolute Gasteiger partial charge is 0.308 e. The maximum absolute atomic E-state index is 13.2. The van der Waals surface area contributed by atoms with Crippen LogP contribution in [0.4, 0.5) is 0 Å². The fraction of sp³-hybridized carbons (Fsp3) is 0.222. The molecule has 0 fully saturated rings. The van der Waals surface area contributed by atoms with Crippen LogP contribution < -0.4 is 10.7 Å². The van der Waals surface area contributed by atoms with Crippen molar-refractivity contribution < 1.29 is 14.3 Å². The average molecular weight is 443 g/mol. The minimum absolute atomic E-state index is 0.00384. The molecule has 1 heterocycles. The Hall–Kier alpha value is -3.93. The topological polar surface area (TPSA) is 77.4 Å². The van der Waals surface area contributed by atoms with Crippen LogP contribution in [0, 0.1) is 0 Å². The molecule has 1 N–H and O–H groups in total. The number of hydrogen-bond acceptors (Lipinski definition) is 4. The number of rotatable bonds is 7. The molecular formula is C27H26N2O4. The van der Waals surface area contributed by atoms with E-state index in [-0.39, 0.29) is 36.4 Å². The number of nitrogens with one attached hydrogen (secondary N) is 1. The molecule has 6 nitrogen and oxygen atoms in total. The molecule has 1 aromatic heterocycles. The second-order valence-electron chi connectivity index (χ2n) is 8.22. The van der Waals surface area contributed by atoms with Crippen molar-refractivity contribution in [1.29, 1.82) is 0 Å². The van der Waals surface area contributed by atoms with Crippen LogP contribution in [0.3, 0.4) is 0 Å². The number of ether oxygens (including phenoxy) is 1. The van der Waals surface area contributed by atoms with Gasteiger partial charge in [0.1, 0.15) is 6.54 Å². The lowest BCUT2D eigenvalue weighted by molar-refractivity contribution is -0.148. The van der Waals surface area contributed by atoms with Crippen LogP contribution in [0.2, 0.25) is 0 Å². The van der Waals surface area contributed by atoms with Crippen LogP contribution in [-0.4, -0.2) is 22.5 Å². The van der Waals surface area contributed by atoms with Crippen LogP contribution >= 0.6 is 0 Å². The Morgan fingerprint density at radius 1 is 0.848 bits per heavy atom. The first-order valence-corrected chi connectivity index (χ1v) is 11.0. The molecule has 0 aliphatic rings. The zero-order chi connectivity index (χ0) is 23.4. The fourth-order valence-corrected chi connectivity index (χ4v) is 4.05. The summed E-state index contributed by atoms with van der Waals surface area (Å²) in [4.78, 5) is 38.5. The first-order chi connectivity index (χ1) is 15.9. The van der Waals surface area contributed by atoms with Crippen molar-refractivity contribution in [3.63, 3.8) is 0 Å². The van der Waals surface area contributed by atoms with Gasteiger partial charge in [-0.3, -0.25) is 14.4 Å². The summed E-state index contributed by atoms with van der Waals surface area (Å²) in [5.41, 5.74) is 2.14.